The van der Waals surface area contributed by atoms with Gasteiger partial charge in [0, 0.05) is 18.5 Å². The second-order valence-corrected chi connectivity index (χ2v) is 9.27. The van der Waals surface area contributed by atoms with Crippen molar-refractivity contribution >= 4 is 12.1 Å². The molecule has 39 heavy (non-hydrogen) atoms. The summed E-state index contributed by atoms with van der Waals surface area (Å²) < 4.78 is 17.1. The maximum atomic E-state index is 14.2. The summed E-state index contributed by atoms with van der Waals surface area (Å²) in [5.41, 5.74) is 4.22. The lowest BCUT2D eigenvalue weighted by Crippen LogP contribution is -2.48. The molecule has 7 nitrogen and oxygen atoms in total. The highest BCUT2D eigenvalue weighted by Gasteiger charge is 2.38. The summed E-state index contributed by atoms with van der Waals surface area (Å²) in [5.74, 6) is 0.186. The van der Waals surface area contributed by atoms with Gasteiger partial charge in [0.1, 0.15) is 6.61 Å². The minimum Gasteiger partial charge on any atom is -0.493 e. The highest BCUT2D eigenvalue weighted by atomic mass is 16.7. The Morgan fingerprint density at radius 3 is 2.03 bits per heavy atom. The van der Waals surface area contributed by atoms with E-state index in [0.717, 1.165) is 27.8 Å². The molecule has 0 spiro atoms. The quantitative estimate of drug-likeness (QED) is 0.285. The number of amides is 1. The second kappa shape index (κ2) is 11.7. The van der Waals surface area contributed by atoms with Crippen LogP contribution in [0.2, 0.25) is 0 Å². The van der Waals surface area contributed by atoms with Gasteiger partial charge in [-0.05, 0) is 28.3 Å². The van der Waals surface area contributed by atoms with Crippen LogP contribution in [0, 0.1) is 0 Å². The van der Waals surface area contributed by atoms with E-state index < -0.39 is 18.3 Å². The van der Waals surface area contributed by atoms with Gasteiger partial charge in [-0.25, -0.2) is 4.79 Å². The molecule has 5 rings (SSSR count). The van der Waals surface area contributed by atoms with Crippen molar-refractivity contribution in [1.29, 1.82) is 0 Å². The van der Waals surface area contributed by atoms with Gasteiger partial charge < -0.3 is 24.2 Å². The van der Waals surface area contributed by atoms with E-state index >= 15 is 0 Å². The minimum absolute atomic E-state index is 0.130. The van der Waals surface area contributed by atoms with Crippen LogP contribution in [0.1, 0.15) is 33.7 Å². The van der Waals surface area contributed by atoms with Crippen molar-refractivity contribution in [1.82, 2.24) is 4.90 Å². The Hall–Kier alpha value is -4.78. The highest BCUT2D eigenvalue weighted by molar-refractivity contribution is 5.88. The lowest BCUT2D eigenvalue weighted by molar-refractivity contribution is -0.145. The van der Waals surface area contributed by atoms with Crippen molar-refractivity contribution < 1.29 is 28.9 Å². The standard InChI is InChI=1S/C32H29NO6/c1-37-27-18-17-25-20-33(31(34)29(23-13-7-3-8-14-23)24-15-9-4-10-16-24)28(39-32(35)36)19-26(25)30(27)38-21-22-11-5-2-6-12-22/h2-18,28-29H,19-21H2,1H3,(H,35,36). The molecule has 0 radical (unpaired) electrons. The fourth-order valence-electron chi connectivity index (χ4n) is 5.01. The van der Waals surface area contributed by atoms with Gasteiger partial charge in [0.05, 0.1) is 13.0 Å². The molecular formula is C32H29NO6. The Bertz CT molecular complexity index is 1390. The summed E-state index contributed by atoms with van der Waals surface area (Å²) in [6, 6.07) is 32.4. The third-order valence-electron chi connectivity index (χ3n) is 6.87. The molecule has 7 heteroatoms. The third-order valence-corrected chi connectivity index (χ3v) is 6.87. The zero-order valence-electron chi connectivity index (χ0n) is 21.5. The molecule has 1 atom stereocenters. The van der Waals surface area contributed by atoms with E-state index in [1.807, 2.05) is 103 Å². The van der Waals surface area contributed by atoms with E-state index in [2.05, 4.69) is 0 Å². The normalized spacial score (nSPS) is 14.4. The lowest BCUT2D eigenvalue weighted by atomic mass is 9.88. The molecule has 0 bridgehead atoms. The van der Waals surface area contributed by atoms with E-state index in [1.165, 1.54) is 4.90 Å². The lowest BCUT2D eigenvalue weighted by Gasteiger charge is -2.38. The van der Waals surface area contributed by atoms with Crippen LogP contribution < -0.4 is 9.47 Å². The largest absolute Gasteiger partial charge is 0.507 e. The highest BCUT2D eigenvalue weighted by Crippen LogP contribution is 2.40. The summed E-state index contributed by atoms with van der Waals surface area (Å²) in [5, 5.41) is 9.59. The van der Waals surface area contributed by atoms with Crippen molar-refractivity contribution in [2.24, 2.45) is 0 Å². The predicted octanol–water partition coefficient (Wildman–Crippen LogP) is 6.01. The number of benzene rings is 4. The molecular weight excluding hydrogens is 494 g/mol. The Balaban J connectivity index is 1.52. The molecule has 0 saturated carbocycles. The zero-order valence-corrected chi connectivity index (χ0v) is 21.5. The maximum Gasteiger partial charge on any atom is 0.507 e. The monoisotopic (exact) mass is 523 g/mol. The number of carbonyl (C=O) groups excluding carboxylic acids is 1. The van der Waals surface area contributed by atoms with Crippen molar-refractivity contribution in [3.05, 3.63) is 131 Å². The van der Waals surface area contributed by atoms with E-state index in [9.17, 15) is 14.7 Å². The summed E-state index contributed by atoms with van der Waals surface area (Å²) in [6.07, 6.45) is -2.36. The van der Waals surface area contributed by atoms with Gasteiger partial charge in [0.15, 0.2) is 17.7 Å². The summed E-state index contributed by atoms with van der Waals surface area (Å²) >= 11 is 0. The molecule has 4 aromatic rings. The molecule has 0 aromatic heterocycles. The average Bonchev–Trinajstić information content (AvgIpc) is 2.97. The van der Waals surface area contributed by atoms with Crippen LogP contribution in [-0.4, -0.2) is 35.4 Å². The molecule has 1 N–H and O–H groups in total. The molecule has 1 unspecified atom stereocenters. The van der Waals surface area contributed by atoms with Crippen LogP contribution in [-0.2, 0) is 29.1 Å². The van der Waals surface area contributed by atoms with E-state index in [1.54, 1.807) is 7.11 Å². The van der Waals surface area contributed by atoms with Crippen LogP contribution in [0.25, 0.3) is 0 Å². The summed E-state index contributed by atoms with van der Waals surface area (Å²) in [7, 11) is 1.56. The smallest absolute Gasteiger partial charge is 0.493 e. The molecule has 1 aliphatic heterocycles. The van der Waals surface area contributed by atoms with E-state index in [-0.39, 0.29) is 18.9 Å². The number of fused-ring (bicyclic) bond motifs is 1. The number of methoxy groups -OCH3 is 1. The van der Waals surface area contributed by atoms with Crippen molar-refractivity contribution in [2.45, 2.75) is 31.7 Å². The fourth-order valence-corrected chi connectivity index (χ4v) is 5.01. The number of hydrogen-bond acceptors (Lipinski definition) is 5. The first kappa shape index (κ1) is 25.9. The zero-order chi connectivity index (χ0) is 27.2. The molecule has 1 aliphatic rings. The maximum absolute atomic E-state index is 14.2. The fraction of sp³-hybridized carbons (Fsp3) is 0.188. The first-order chi connectivity index (χ1) is 19.0. The van der Waals surface area contributed by atoms with Gasteiger partial charge in [-0.2, -0.15) is 0 Å². The Morgan fingerprint density at radius 1 is 0.872 bits per heavy atom. The molecule has 0 fully saturated rings. The van der Waals surface area contributed by atoms with Crippen molar-refractivity contribution in [3.8, 4) is 11.5 Å². The molecule has 1 heterocycles. The number of rotatable bonds is 8. The van der Waals surface area contributed by atoms with Crippen LogP contribution in [0.5, 0.6) is 11.5 Å². The van der Waals surface area contributed by atoms with Gasteiger partial charge in [-0.3, -0.25) is 4.79 Å². The second-order valence-electron chi connectivity index (χ2n) is 9.27. The van der Waals surface area contributed by atoms with Crippen molar-refractivity contribution in [2.75, 3.05) is 7.11 Å². The van der Waals surface area contributed by atoms with E-state index in [4.69, 9.17) is 14.2 Å². The molecule has 1 amide bonds. The summed E-state index contributed by atoms with van der Waals surface area (Å²) in [4.78, 5) is 27.5. The number of ether oxygens (including phenoxy) is 3. The predicted molar refractivity (Wildman–Crippen MR) is 146 cm³/mol. The van der Waals surface area contributed by atoms with Crippen LogP contribution in [0.3, 0.4) is 0 Å². The molecule has 198 valence electrons. The molecule has 4 aromatic carbocycles. The minimum atomic E-state index is -1.45. The third kappa shape index (κ3) is 5.72. The van der Waals surface area contributed by atoms with Crippen LogP contribution in [0.15, 0.2) is 103 Å². The Labute approximate surface area is 227 Å². The SMILES string of the molecule is COc1ccc2c(c1OCc1ccccc1)CC(OC(=O)O)N(C(=O)C(c1ccccc1)c1ccccc1)C2. The first-order valence-corrected chi connectivity index (χ1v) is 12.7. The Morgan fingerprint density at radius 2 is 1.46 bits per heavy atom. The van der Waals surface area contributed by atoms with Crippen molar-refractivity contribution in [3.63, 3.8) is 0 Å². The number of carbonyl (C=O) groups is 2. The molecule has 0 saturated heterocycles. The van der Waals surface area contributed by atoms with Gasteiger partial charge in [0.2, 0.25) is 5.91 Å². The number of carboxylic acid groups (broad SMARTS) is 1. The van der Waals surface area contributed by atoms with Gasteiger partial charge in [-0.1, -0.05) is 97.1 Å². The number of hydrogen-bond donors (Lipinski definition) is 1. The first-order valence-electron chi connectivity index (χ1n) is 12.7. The van der Waals surface area contributed by atoms with Gasteiger partial charge in [0.25, 0.3) is 0 Å². The van der Waals surface area contributed by atoms with Gasteiger partial charge in [-0.15, -0.1) is 0 Å². The molecule has 0 aliphatic carbocycles. The average molecular weight is 524 g/mol. The number of nitrogens with zero attached hydrogens (tertiary/aromatic N) is 1. The van der Waals surface area contributed by atoms with Crippen LogP contribution >= 0.6 is 0 Å². The Kier molecular flexibility index (Phi) is 7.78. The van der Waals surface area contributed by atoms with Crippen LogP contribution in [0.4, 0.5) is 4.79 Å². The van der Waals surface area contributed by atoms with E-state index in [0.29, 0.717) is 18.1 Å². The summed E-state index contributed by atoms with van der Waals surface area (Å²) in [6.45, 7) is 0.471. The topological polar surface area (TPSA) is 85.3 Å². The van der Waals surface area contributed by atoms with Gasteiger partial charge >= 0.3 is 6.16 Å².